The molecule has 7 heteroatoms. The van der Waals surface area contributed by atoms with Gasteiger partial charge in [-0.25, -0.2) is 14.5 Å². The number of imide groups is 1. The third-order valence-corrected chi connectivity index (χ3v) is 3.21. The molecule has 3 amide bonds. The van der Waals surface area contributed by atoms with Crippen molar-refractivity contribution in [2.75, 3.05) is 7.11 Å². The summed E-state index contributed by atoms with van der Waals surface area (Å²) in [6.07, 6.45) is -1.42. The van der Waals surface area contributed by atoms with Crippen LogP contribution in [0.15, 0.2) is 35.5 Å². The third kappa shape index (κ3) is 2.51. The van der Waals surface area contributed by atoms with Crippen molar-refractivity contribution in [3.05, 3.63) is 41.1 Å². The number of nitrogens with zero attached hydrogens (tertiary/aromatic N) is 2. The number of nitrogens with one attached hydrogen (secondary N) is 1. The summed E-state index contributed by atoms with van der Waals surface area (Å²) in [5.41, 5.74) is 1.05. The lowest BCUT2D eigenvalue weighted by Gasteiger charge is -2.32. The number of benzene rings is 1. The van der Waals surface area contributed by atoms with Crippen molar-refractivity contribution in [3.8, 4) is 11.8 Å². The summed E-state index contributed by atoms with van der Waals surface area (Å²) in [4.78, 5) is 23.8. The van der Waals surface area contributed by atoms with Crippen LogP contribution in [0, 0.1) is 11.3 Å². The summed E-state index contributed by atoms with van der Waals surface area (Å²) >= 11 is 0. The molecule has 21 heavy (non-hydrogen) atoms. The molecule has 2 N–H and O–H groups in total. The van der Waals surface area contributed by atoms with Crippen LogP contribution in [0.1, 0.15) is 18.5 Å². The number of allylic oxidation sites excluding steroid dienone is 1. The van der Waals surface area contributed by atoms with E-state index in [-0.39, 0.29) is 5.57 Å². The van der Waals surface area contributed by atoms with Crippen molar-refractivity contribution in [3.63, 3.8) is 0 Å². The van der Waals surface area contributed by atoms with Gasteiger partial charge < -0.3 is 15.2 Å². The first-order chi connectivity index (χ1) is 9.99. The number of methoxy groups -OCH3 is 1. The molecule has 108 valence electrons. The first-order valence-corrected chi connectivity index (χ1v) is 6.07. The van der Waals surface area contributed by atoms with E-state index in [9.17, 15) is 20.0 Å². The number of carboxylic acid groups (broad SMARTS) is 1. The Morgan fingerprint density at radius 3 is 2.52 bits per heavy atom. The Balaban J connectivity index is 2.56. The molecule has 0 fully saturated rings. The van der Waals surface area contributed by atoms with Gasteiger partial charge in [-0.3, -0.25) is 0 Å². The van der Waals surface area contributed by atoms with Crippen molar-refractivity contribution >= 4 is 12.1 Å². The van der Waals surface area contributed by atoms with Crippen LogP contribution in [-0.2, 0) is 0 Å². The Labute approximate surface area is 121 Å². The lowest BCUT2D eigenvalue weighted by Crippen LogP contribution is -2.49. The number of hydrogen-bond donors (Lipinski definition) is 2. The van der Waals surface area contributed by atoms with E-state index in [1.54, 1.807) is 31.2 Å². The maximum atomic E-state index is 11.9. The van der Waals surface area contributed by atoms with Crippen molar-refractivity contribution in [1.82, 2.24) is 10.2 Å². The fraction of sp³-hybridized carbons (Fsp3) is 0.214. The molecule has 7 nitrogen and oxygen atoms in total. The third-order valence-electron chi connectivity index (χ3n) is 3.21. The molecule has 1 aliphatic rings. The van der Waals surface area contributed by atoms with E-state index in [1.807, 2.05) is 6.07 Å². The minimum absolute atomic E-state index is 0.183. The van der Waals surface area contributed by atoms with Crippen molar-refractivity contribution in [2.24, 2.45) is 0 Å². The van der Waals surface area contributed by atoms with E-state index in [0.717, 1.165) is 0 Å². The molecule has 0 radical (unpaired) electrons. The van der Waals surface area contributed by atoms with Gasteiger partial charge in [0.05, 0.1) is 18.8 Å². The molecule has 0 aliphatic carbocycles. The molecule has 1 aliphatic heterocycles. The van der Waals surface area contributed by atoms with Crippen LogP contribution in [0.4, 0.5) is 9.59 Å². The quantitative estimate of drug-likeness (QED) is 0.868. The largest absolute Gasteiger partial charge is 0.497 e. The van der Waals surface area contributed by atoms with Gasteiger partial charge in [-0.2, -0.15) is 5.26 Å². The highest BCUT2D eigenvalue weighted by Crippen LogP contribution is 2.33. The number of rotatable bonds is 2. The summed E-state index contributed by atoms with van der Waals surface area (Å²) < 4.78 is 5.04. The van der Waals surface area contributed by atoms with E-state index >= 15 is 0 Å². The average molecular weight is 287 g/mol. The number of nitriles is 1. The highest BCUT2D eigenvalue weighted by Gasteiger charge is 2.38. The molecule has 1 aromatic rings. The summed E-state index contributed by atoms with van der Waals surface area (Å²) in [5, 5.41) is 20.9. The van der Waals surface area contributed by atoms with Crippen LogP contribution in [0.3, 0.4) is 0 Å². The Bertz CT molecular complexity index is 658. The van der Waals surface area contributed by atoms with Gasteiger partial charge in [0.15, 0.2) is 0 Å². The van der Waals surface area contributed by atoms with Crippen LogP contribution in [-0.4, -0.2) is 29.2 Å². The van der Waals surface area contributed by atoms with Crippen LogP contribution in [0.2, 0.25) is 0 Å². The predicted octanol–water partition coefficient (Wildman–Crippen LogP) is 2.24. The van der Waals surface area contributed by atoms with Crippen LogP contribution in [0.5, 0.6) is 5.75 Å². The second kappa shape index (κ2) is 5.54. The standard InChI is InChI=1S/C14H13N3O4/c1-8-11(7-15)12(17(14(19)20)13(18)16-8)9-3-5-10(21-2)6-4-9/h3-6,12H,1-2H3,(H,16,18)(H,19,20). The fourth-order valence-electron chi connectivity index (χ4n) is 2.18. The lowest BCUT2D eigenvalue weighted by molar-refractivity contribution is 0.136. The van der Waals surface area contributed by atoms with Crippen molar-refractivity contribution in [1.29, 1.82) is 5.26 Å². The molecule has 0 saturated carbocycles. The molecule has 0 spiro atoms. The van der Waals surface area contributed by atoms with Crippen molar-refractivity contribution in [2.45, 2.75) is 13.0 Å². The monoisotopic (exact) mass is 287 g/mol. The lowest BCUT2D eigenvalue weighted by atomic mass is 9.95. The summed E-state index contributed by atoms with van der Waals surface area (Å²) in [6, 6.07) is 6.77. The maximum absolute atomic E-state index is 11.9. The molecule has 1 heterocycles. The zero-order chi connectivity index (χ0) is 15.6. The smallest absolute Gasteiger partial charge is 0.416 e. The maximum Gasteiger partial charge on any atom is 0.416 e. The Morgan fingerprint density at radius 1 is 1.43 bits per heavy atom. The first kappa shape index (κ1) is 14.4. The van der Waals surface area contributed by atoms with Gasteiger partial charge in [-0.05, 0) is 24.6 Å². The van der Waals surface area contributed by atoms with Gasteiger partial charge in [-0.1, -0.05) is 12.1 Å². The number of carbonyl (C=O) groups is 2. The first-order valence-electron chi connectivity index (χ1n) is 6.07. The van der Waals surface area contributed by atoms with Gasteiger partial charge in [-0.15, -0.1) is 0 Å². The Morgan fingerprint density at radius 2 is 2.05 bits per heavy atom. The molecule has 1 unspecified atom stereocenters. The van der Waals surface area contributed by atoms with E-state index < -0.39 is 18.2 Å². The Hall–Kier alpha value is -3.01. The molecule has 1 aromatic carbocycles. The highest BCUT2D eigenvalue weighted by atomic mass is 16.5. The molecular weight excluding hydrogens is 274 g/mol. The van der Waals surface area contributed by atoms with E-state index in [2.05, 4.69) is 5.32 Å². The molecule has 2 rings (SSSR count). The van der Waals surface area contributed by atoms with Crippen LogP contribution >= 0.6 is 0 Å². The molecular formula is C14H13N3O4. The summed E-state index contributed by atoms with van der Waals surface area (Å²) in [7, 11) is 1.51. The topological polar surface area (TPSA) is 103 Å². The summed E-state index contributed by atoms with van der Waals surface area (Å²) in [6.45, 7) is 1.56. The second-order valence-electron chi connectivity index (χ2n) is 4.41. The fourth-order valence-corrected chi connectivity index (χ4v) is 2.18. The normalized spacial score (nSPS) is 18.0. The van der Waals surface area contributed by atoms with Crippen LogP contribution in [0.25, 0.3) is 0 Å². The van der Waals surface area contributed by atoms with Gasteiger partial charge in [0, 0.05) is 5.70 Å². The zero-order valence-corrected chi connectivity index (χ0v) is 11.5. The Kier molecular flexibility index (Phi) is 3.80. The molecule has 0 saturated heterocycles. The number of urea groups is 1. The number of ether oxygens (including phenoxy) is 1. The second-order valence-corrected chi connectivity index (χ2v) is 4.41. The zero-order valence-electron chi connectivity index (χ0n) is 11.5. The minimum Gasteiger partial charge on any atom is -0.497 e. The number of carbonyl (C=O) groups excluding carboxylic acids is 1. The van der Waals surface area contributed by atoms with Gasteiger partial charge in [0.1, 0.15) is 11.8 Å². The number of amides is 3. The van der Waals surface area contributed by atoms with E-state index in [1.165, 1.54) is 7.11 Å². The summed E-state index contributed by atoms with van der Waals surface area (Å²) in [5.74, 6) is 0.597. The van der Waals surface area contributed by atoms with Gasteiger partial charge >= 0.3 is 12.1 Å². The predicted molar refractivity (Wildman–Crippen MR) is 72.4 cm³/mol. The van der Waals surface area contributed by atoms with Gasteiger partial charge in [0.2, 0.25) is 0 Å². The number of hydrogen-bond acceptors (Lipinski definition) is 4. The molecule has 0 aromatic heterocycles. The van der Waals surface area contributed by atoms with Gasteiger partial charge in [0.25, 0.3) is 0 Å². The van der Waals surface area contributed by atoms with Crippen molar-refractivity contribution < 1.29 is 19.4 Å². The van der Waals surface area contributed by atoms with E-state index in [4.69, 9.17) is 4.74 Å². The van der Waals surface area contributed by atoms with Crippen LogP contribution < -0.4 is 10.1 Å². The molecule has 0 bridgehead atoms. The van der Waals surface area contributed by atoms with E-state index in [0.29, 0.717) is 21.9 Å². The minimum atomic E-state index is -1.42. The molecule has 1 atom stereocenters. The highest BCUT2D eigenvalue weighted by molar-refractivity contribution is 5.93. The average Bonchev–Trinajstić information content (AvgIpc) is 2.46. The SMILES string of the molecule is COc1ccc(C2C(C#N)=C(C)NC(=O)N2C(=O)O)cc1.